The van der Waals surface area contributed by atoms with Crippen LogP contribution in [0.1, 0.15) is 44.6 Å². The summed E-state index contributed by atoms with van der Waals surface area (Å²) in [6, 6.07) is 5.94. The highest BCUT2D eigenvalue weighted by molar-refractivity contribution is 7.22. The van der Waals surface area contributed by atoms with E-state index in [-0.39, 0.29) is 11.7 Å². The second-order valence-electron chi connectivity index (χ2n) is 5.58. The van der Waals surface area contributed by atoms with Gasteiger partial charge in [-0.05, 0) is 44.9 Å². The molecule has 118 valence electrons. The minimum Gasteiger partial charge on any atom is -0.354 e. The van der Waals surface area contributed by atoms with Crippen molar-refractivity contribution >= 4 is 38.4 Å². The van der Waals surface area contributed by atoms with E-state index >= 15 is 0 Å². The molecule has 3 rings (SSSR count). The van der Waals surface area contributed by atoms with Gasteiger partial charge in [0.25, 0.3) is 5.91 Å². The Bertz CT molecular complexity index is 937. The number of rotatable bonds is 3. The predicted octanol–water partition coefficient (Wildman–Crippen LogP) is 4.00. The third kappa shape index (κ3) is 2.66. The van der Waals surface area contributed by atoms with Gasteiger partial charge < -0.3 is 4.98 Å². The second kappa shape index (κ2) is 5.62. The molecule has 23 heavy (non-hydrogen) atoms. The van der Waals surface area contributed by atoms with Crippen molar-refractivity contribution in [3.63, 3.8) is 0 Å². The lowest BCUT2D eigenvalue weighted by atomic mass is 10.1. The summed E-state index contributed by atoms with van der Waals surface area (Å²) in [6.45, 7) is 7.06. The van der Waals surface area contributed by atoms with Crippen LogP contribution in [0.3, 0.4) is 0 Å². The molecule has 0 radical (unpaired) electrons. The minimum atomic E-state index is -0.283. The number of amides is 1. The van der Waals surface area contributed by atoms with Gasteiger partial charge in [0.05, 0.1) is 10.2 Å². The van der Waals surface area contributed by atoms with Crippen LogP contribution in [0.2, 0.25) is 0 Å². The minimum absolute atomic E-state index is 0.0501. The Balaban J connectivity index is 1.93. The molecule has 0 fully saturated rings. The van der Waals surface area contributed by atoms with Gasteiger partial charge in [-0.3, -0.25) is 14.9 Å². The molecule has 0 aliphatic carbocycles. The molecule has 2 N–H and O–H groups in total. The van der Waals surface area contributed by atoms with Crippen LogP contribution in [-0.2, 0) is 0 Å². The largest absolute Gasteiger partial charge is 0.354 e. The Kier molecular flexibility index (Phi) is 3.77. The number of thiazole rings is 1. The van der Waals surface area contributed by atoms with Crippen LogP contribution in [0.4, 0.5) is 5.13 Å². The average molecular weight is 327 g/mol. The molecule has 2 heterocycles. The molecule has 1 aromatic carbocycles. The molecule has 0 bridgehead atoms. The Labute approximate surface area is 137 Å². The number of carbonyl (C=O) groups is 2. The van der Waals surface area contributed by atoms with Crippen molar-refractivity contribution in [3.8, 4) is 0 Å². The maximum atomic E-state index is 12.5. The van der Waals surface area contributed by atoms with E-state index in [1.165, 1.54) is 18.3 Å². The normalized spacial score (nSPS) is 11.0. The number of anilines is 1. The first-order valence-electron chi connectivity index (χ1n) is 7.26. The molecule has 1 amide bonds. The standard InChI is InChI=1S/C17H17N3O2S/c1-8-6-5-7-12-14(8)19-17(23-12)20-16(22)15-9(2)13(11(4)21)10(3)18-15/h5-7,18H,1-4H3,(H,19,20,22). The van der Waals surface area contributed by atoms with Gasteiger partial charge in [-0.15, -0.1) is 0 Å². The van der Waals surface area contributed by atoms with E-state index in [0.29, 0.717) is 27.6 Å². The fourth-order valence-corrected chi connectivity index (χ4v) is 3.74. The molecule has 0 aliphatic rings. The summed E-state index contributed by atoms with van der Waals surface area (Å²) >= 11 is 1.43. The van der Waals surface area contributed by atoms with Crippen LogP contribution in [0, 0.1) is 20.8 Å². The van der Waals surface area contributed by atoms with Crippen molar-refractivity contribution in [2.45, 2.75) is 27.7 Å². The maximum absolute atomic E-state index is 12.5. The molecular weight excluding hydrogens is 310 g/mol. The zero-order valence-corrected chi connectivity index (χ0v) is 14.2. The van der Waals surface area contributed by atoms with Crippen molar-refractivity contribution < 1.29 is 9.59 Å². The SMILES string of the molecule is CC(=O)c1c(C)[nH]c(C(=O)Nc2nc3c(C)cccc3s2)c1C. The Morgan fingerprint density at radius 1 is 1.22 bits per heavy atom. The number of para-hydroxylation sites is 1. The van der Waals surface area contributed by atoms with Crippen molar-refractivity contribution in [2.24, 2.45) is 0 Å². The number of hydrogen-bond acceptors (Lipinski definition) is 4. The molecule has 0 saturated heterocycles. The van der Waals surface area contributed by atoms with Crippen LogP contribution >= 0.6 is 11.3 Å². The second-order valence-corrected chi connectivity index (χ2v) is 6.61. The highest BCUT2D eigenvalue weighted by atomic mass is 32.1. The number of aromatic nitrogens is 2. The van der Waals surface area contributed by atoms with Gasteiger partial charge in [0.1, 0.15) is 5.69 Å². The van der Waals surface area contributed by atoms with Crippen LogP contribution in [0.15, 0.2) is 18.2 Å². The zero-order chi connectivity index (χ0) is 16.7. The quantitative estimate of drug-likeness (QED) is 0.714. The average Bonchev–Trinajstić information content (AvgIpc) is 3.00. The number of nitrogens with one attached hydrogen (secondary N) is 2. The van der Waals surface area contributed by atoms with E-state index in [1.807, 2.05) is 25.1 Å². The van der Waals surface area contributed by atoms with Crippen molar-refractivity contribution in [3.05, 3.63) is 46.3 Å². The number of ketones is 1. The number of Topliss-reactive ketones (excluding diaryl/α,β-unsaturated/α-hetero) is 1. The van der Waals surface area contributed by atoms with Crippen molar-refractivity contribution in [1.29, 1.82) is 0 Å². The number of carbonyl (C=O) groups excluding carboxylic acids is 2. The summed E-state index contributed by atoms with van der Waals surface area (Å²) in [5, 5.41) is 3.37. The van der Waals surface area contributed by atoms with E-state index in [9.17, 15) is 9.59 Å². The fourth-order valence-electron chi connectivity index (χ4n) is 2.80. The summed E-state index contributed by atoms with van der Waals surface area (Å²) < 4.78 is 1.03. The van der Waals surface area contributed by atoms with Crippen molar-refractivity contribution in [2.75, 3.05) is 5.32 Å². The van der Waals surface area contributed by atoms with Crippen LogP contribution in [0.25, 0.3) is 10.2 Å². The number of H-pyrrole nitrogens is 1. The van der Waals surface area contributed by atoms with Crippen molar-refractivity contribution in [1.82, 2.24) is 9.97 Å². The summed E-state index contributed by atoms with van der Waals surface area (Å²) in [6.07, 6.45) is 0. The number of benzene rings is 1. The maximum Gasteiger partial charge on any atom is 0.274 e. The highest BCUT2D eigenvalue weighted by Crippen LogP contribution is 2.28. The summed E-state index contributed by atoms with van der Waals surface area (Å²) in [5.74, 6) is -0.333. The van der Waals surface area contributed by atoms with Gasteiger partial charge >= 0.3 is 0 Å². The first-order chi connectivity index (χ1) is 10.9. The van der Waals surface area contributed by atoms with Crippen LogP contribution in [-0.4, -0.2) is 21.7 Å². The summed E-state index contributed by atoms with van der Waals surface area (Å²) in [5.41, 5.74) is 4.34. The van der Waals surface area contributed by atoms with E-state index in [0.717, 1.165) is 15.8 Å². The Morgan fingerprint density at radius 3 is 2.57 bits per heavy atom. The highest BCUT2D eigenvalue weighted by Gasteiger charge is 2.20. The number of fused-ring (bicyclic) bond motifs is 1. The topological polar surface area (TPSA) is 74.8 Å². The predicted molar refractivity (Wildman–Crippen MR) is 92.6 cm³/mol. The summed E-state index contributed by atoms with van der Waals surface area (Å²) in [4.78, 5) is 31.7. The lowest BCUT2D eigenvalue weighted by Gasteiger charge is -2.01. The van der Waals surface area contributed by atoms with Gasteiger partial charge in [0, 0.05) is 11.3 Å². The molecule has 0 saturated carbocycles. The zero-order valence-electron chi connectivity index (χ0n) is 13.4. The molecule has 0 spiro atoms. The first-order valence-corrected chi connectivity index (χ1v) is 8.07. The van der Waals surface area contributed by atoms with Gasteiger partial charge in [-0.25, -0.2) is 4.98 Å². The molecule has 6 heteroatoms. The smallest absolute Gasteiger partial charge is 0.274 e. The van der Waals surface area contributed by atoms with E-state index < -0.39 is 0 Å². The van der Waals surface area contributed by atoms with Crippen LogP contribution < -0.4 is 5.32 Å². The molecule has 0 aliphatic heterocycles. The number of nitrogens with zero attached hydrogens (tertiary/aromatic N) is 1. The molecule has 3 aromatic rings. The number of aromatic amines is 1. The third-order valence-electron chi connectivity index (χ3n) is 3.86. The van der Waals surface area contributed by atoms with E-state index in [2.05, 4.69) is 15.3 Å². The lowest BCUT2D eigenvalue weighted by Crippen LogP contribution is -2.13. The molecule has 0 unspecified atom stereocenters. The lowest BCUT2D eigenvalue weighted by molar-refractivity contribution is 0.101. The Morgan fingerprint density at radius 2 is 1.96 bits per heavy atom. The summed E-state index contributed by atoms with van der Waals surface area (Å²) in [7, 11) is 0. The first kappa shape index (κ1) is 15.4. The van der Waals surface area contributed by atoms with E-state index in [1.54, 1.807) is 13.8 Å². The van der Waals surface area contributed by atoms with Gasteiger partial charge in [-0.2, -0.15) is 0 Å². The third-order valence-corrected chi connectivity index (χ3v) is 4.79. The molecule has 2 aromatic heterocycles. The van der Waals surface area contributed by atoms with Crippen LogP contribution in [0.5, 0.6) is 0 Å². The number of aryl methyl sites for hydroxylation is 2. The number of hydrogen-bond donors (Lipinski definition) is 2. The van der Waals surface area contributed by atoms with E-state index in [4.69, 9.17) is 0 Å². The van der Waals surface area contributed by atoms with Gasteiger partial charge in [0.15, 0.2) is 10.9 Å². The Hall–Kier alpha value is -2.47. The monoisotopic (exact) mass is 327 g/mol. The molecule has 5 nitrogen and oxygen atoms in total. The molecular formula is C17H17N3O2S. The van der Waals surface area contributed by atoms with Gasteiger partial charge in [-0.1, -0.05) is 23.5 Å². The molecule has 0 atom stereocenters. The fraction of sp³-hybridized carbons (Fsp3) is 0.235. The van der Waals surface area contributed by atoms with Gasteiger partial charge in [0.2, 0.25) is 0 Å².